The summed E-state index contributed by atoms with van der Waals surface area (Å²) in [6.45, 7) is 3.63. The highest BCUT2D eigenvalue weighted by Crippen LogP contribution is 2.19. The van der Waals surface area contributed by atoms with E-state index in [0.717, 1.165) is 16.8 Å². The predicted octanol–water partition coefficient (Wildman–Crippen LogP) is 4.79. The van der Waals surface area contributed by atoms with Crippen molar-refractivity contribution in [3.8, 4) is 5.75 Å². The molecule has 0 saturated carbocycles. The second kappa shape index (κ2) is 5.71. The SMILES string of the molecule is Cc1ccc2c(ccn2CCOc2cccc(Br)c2)c1. The number of ether oxygens (including phenoxy) is 1. The van der Waals surface area contributed by atoms with E-state index in [1.807, 2.05) is 24.3 Å². The molecule has 0 saturated heterocycles. The standard InChI is InChI=1S/C17H16BrNO/c1-13-5-6-17-14(11-13)7-8-19(17)9-10-20-16-4-2-3-15(18)12-16/h2-8,11-12H,9-10H2,1H3. The van der Waals surface area contributed by atoms with Gasteiger partial charge < -0.3 is 9.30 Å². The Morgan fingerprint density at radius 2 is 2.00 bits per heavy atom. The number of hydrogen-bond acceptors (Lipinski definition) is 1. The largest absolute Gasteiger partial charge is 0.492 e. The van der Waals surface area contributed by atoms with Crippen LogP contribution in [0.25, 0.3) is 10.9 Å². The number of nitrogens with zero attached hydrogens (tertiary/aromatic N) is 1. The Hall–Kier alpha value is -1.74. The molecule has 3 rings (SSSR count). The second-order valence-electron chi connectivity index (χ2n) is 4.88. The summed E-state index contributed by atoms with van der Waals surface area (Å²) in [7, 11) is 0. The molecule has 0 aliphatic rings. The van der Waals surface area contributed by atoms with Crippen molar-refractivity contribution in [3.05, 3.63) is 64.8 Å². The molecule has 0 spiro atoms. The van der Waals surface area contributed by atoms with Crippen LogP contribution in [0.2, 0.25) is 0 Å². The van der Waals surface area contributed by atoms with Crippen LogP contribution in [0.15, 0.2) is 59.2 Å². The maximum atomic E-state index is 5.78. The van der Waals surface area contributed by atoms with Crippen molar-refractivity contribution in [2.75, 3.05) is 6.61 Å². The molecule has 0 bridgehead atoms. The first-order chi connectivity index (χ1) is 9.72. The fourth-order valence-electron chi connectivity index (χ4n) is 2.33. The zero-order valence-electron chi connectivity index (χ0n) is 11.3. The summed E-state index contributed by atoms with van der Waals surface area (Å²) in [5, 5.41) is 1.28. The molecule has 0 atom stereocenters. The molecule has 0 amide bonds. The van der Waals surface area contributed by atoms with Crippen LogP contribution in [0.1, 0.15) is 5.56 Å². The molecule has 3 aromatic rings. The molecule has 0 N–H and O–H groups in total. The van der Waals surface area contributed by atoms with Gasteiger partial charge >= 0.3 is 0 Å². The molecule has 0 aliphatic carbocycles. The quantitative estimate of drug-likeness (QED) is 0.671. The molecule has 1 aromatic heterocycles. The molecule has 1 heterocycles. The lowest BCUT2D eigenvalue weighted by molar-refractivity contribution is 0.300. The summed E-state index contributed by atoms with van der Waals surface area (Å²) >= 11 is 3.45. The Labute approximate surface area is 127 Å². The third kappa shape index (κ3) is 2.88. The van der Waals surface area contributed by atoms with E-state index in [9.17, 15) is 0 Å². The highest BCUT2D eigenvalue weighted by Gasteiger charge is 2.01. The van der Waals surface area contributed by atoms with E-state index in [1.54, 1.807) is 0 Å². The van der Waals surface area contributed by atoms with Crippen molar-refractivity contribution in [1.29, 1.82) is 0 Å². The Balaban J connectivity index is 1.68. The Morgan fingerprint density at radius 3 is 2.85 bits per heavy atom. The number of aromatic nitrogens is 1. The van der Waals surface area contributed by atoms with Gasteiger partial charge in [-0.3, -0.25) is 0 Å². The summed E-state index contributed by atoms with van der Waals surface area (Å²) in [6.07, 6.45) is 2.12. The number of rotatable bonds is 4. The van der Waals surface area contributed by atoms with Crippen LogP contribution in [0.3, 0.4) is 0 Å². The van der Waals surface area contributed by atoms with E-state index in [1.165, 1.54) is 16.5 Å². The van der Waals surface area contributed by atoms with E-state index in [2.05, 4.69) is 57.9 Å². The monoisotopic (exact) mass is 329 g/mol. The molecule has 2 nitrogen and oxygen atoms in total. The topological polar surface area (TPSA) is 14.2 Å². The van der Waals surface area contributed by atoms with Gasteiger partial charge in [0.25, 0.3) is 0 Å². The number of fused-ring (bicyclic) bond motifs is 1. The predicted molar refractivity (Wildman–Crippen MR) is 86.3 cm³/mol. The van der Waals surface area contributed by atoms with Gasteiger partial charge in [-0.1, -0.05) is 33.6 Å². The van der Waals surface area contributed by atoms with E-state index < -0.39 is 0 Å². The second-order valence-corrected chi connectivity index (χ2v) is 5.79. The van der Waals surface area contributed by atoms with Crippen molar-refractivity contribution in [1.82, 2.24) is 4.57 Å². The van der Waals surface area contributed by atoms with E-state index in [4.69, 9.17) is 4.74 Å². The summed E-state index contributed by atoms with van der Waals surface area (Å²) in [4.78, 5) is 0. The molecule has 0 unspecified atom stereocenters. The smallest absolute Gasteiger partial charge is 0.120 e. The van der Waals surface area contributed by atoms with Gasteiger partial charge in [-0.15, -0.1) is 0 Å². The van der Waals surface area contributed by atoms with Crippen LogP contribution in [-0.4, -0.2) is 11.2 Å². The Morgan fingerprint density at radius 1 is 1.10 bits per heavy atom. The average Bonchev–Trinajstić information content (AvgIpc) is 2.81. The van der Waals surface area contributed by atoms with Crippen LogP contribution >= 0.6 is 15.9 Å². The van der Waals surface area contributed by atoms with Crippen molar-refractivity contribution < 1.29 is 4.74 Å². The Kier molecular flexibility index (Phi) is 3.79. The zero-order valence-corrected chi connectivity index (χ0v) is 12.9. The van der Waals surface area contributed by atoms with E-state index in [0.29, 0.717) is 6.61 Å². The van der Waals surface area contributed by atoms with Gasteiger partial charge in [0.1, 0.15) is 12.4 Å². The number of hydrogen-bond donors (Lipinski definition) is 0. The number of halogens is 1. The fourth-order valence-corrected chi connectivity index (χ4v) is 2.71. The molecule has 20 heavy (non-hydrogen) atoms. The van der Waals surface area contributed by atoms with Crippen LogP contribution in [-0.2, 0) is 6.54 Å². The normalized spacial score (nSPS) is 10.9. The third-order valence-corrected chi connectivity index (χ3v) is 3.82. The molecule has 0 aliphatic heterocycles. The minimum absolute atomic E-state index is 0.661. The first kappa shape index (κ1) is 13.3. The molecular formula is C17H16BrNO. The minimum Gasteiger partial charge on any atom is -0.492 e. The van der Waals surface area contributed by atoms with Gasteiger partial charge in [0, 0.05) is 16.2 Å². The maximum Gasteiger partial charge on any atom is 0.120 e. The number of aryl methyl sites for hydroxylation is 1. The average molecular weight is 330 g/mol. The van der Waals surface area contributed by atoms with Crippen LogP contribution in [0.5, 0.6) is 5.75 Å². The lowest BCUT2D eigenvalue weighted by Gasteiger charge is -2.08. The Bertz CT molecular complexity index is 733. The lowest BCUT2D eigenvalue weighted by Crippen LogP contribution is -2.07. The van der Waals surface area contributed by atoms with Crippen LogP contribution in [0, 0.1) is 6.92 Å². The van der Waals surface area contributed by atoms with E-state index in [-0.39, 0.29) is 0 Å². The fraction of sp³-hybridized carbons (Fsp3) is 0.176. The third-order valence-electron chi connectivity index (χ3n) is 3.32. The minimum atomic E-state index is 0.661. The van der Waals surface area contributed by atoms with Gasteiger partial charge in [-0.05, 0) is 48.7 Å². The molecule has 3 heteroatoms. The first-order valence-electron chi connectivity index (χ1n) is 6.66. The van der Waals surface area contributed by atoms with Crippen molar-refractivity contribution in [3.63, 3.8) is 0 Å². The molecule has 0 fully saturated rings. The molecule has 102 valence electrons. The van der Waals surface area contributed by atoms with Gasteiger partial charge in [0.15, 0.2) is 0 Å². The molecule has 2 aromatic carbocycles. The van der Waals surface area contributed by atoms with Crippen LogP contribution in [0.4, 0.5) is 0 Å². The summed E-state index contributed by atoms with van der Waals surface area (Å²) < 4.78 is 9.05. The highest BCUT2D eigenvalue weighted by molar-refractivity contribution is 9.10. The zero-order chi connectivity index (χ0) is 13.9. The number of benzene rings is 2. The lowest BCUT2D eigenvalue weighted by atomic mass is 10.2. The van der Waals surface area contributed by atoms with Gasteiger partial charge in [0.05, 0.1) is 6.54 Å². The summed E-state index contributed by atoms with van der Waals surface area (Å²) in [5.41, 5.74) is 2.55. The molecule has 0 radical (unpaired) electrons. The summed E-state index contributed by atoms with van der Waals surface area (Å²) in [6, 6.07) is 16.6. The summed E-state index contributed by atoms with van der Waals surface area (Å²) in [5.74, 6) is 0.895. The first-order valence-corrected chi connectivity index (χ1v) is 7.45. The van der Waals surface area contributed by atoms with Gasteiger partial charge in [-0.25, -0.2) is 0 Å². The van der Waals surface area contributed by atoms with Gasteiger partial charge in [0.2, 0.25) is 0 Å². The van der Waals surface area contributed by atoms with Crippen molar-refractivity contribution >= 4 is 26.8 Å². The maximum absolute atomic E-state index is 5.78. The van der Waals surface area contributed by atoms with E-state index >= 15 is 0 Å². The van der Waals surface area contributed by atoms with Gasteiger partial charge in [-0.2, -0.15) is 0 Å². The van der Waals surface area contributed by atoms with Crippen molar-refractivity contribution in [2.24, 2.45) is 0 Å². The highest BCUT2D eigenvalue weighted by atomic mass is 79.9. The van der Waals surface area contributed by atoms with Crippen LogP contribution < -0.4 is 4.74 Å². The van der Waals surface area contributed by atoms with Crippen molar-refractivity contribution in [2.45, 2.75) is 13.5 Å². The molecular weight excluding hydrogens is 314 g/mol.